The van der Waals surface area contributed by atoms with Gasteiger partial charge < -0.3 is 4.57 Å². The summed E-state index contributed by atoms with van der Waals surface area (Å²) in [4.78, 5) is 4.40. The van der Waals surface area contributed by atoms with Crippen LogP contribution in [0.3, 0.4) is 0 Å². The molecule has 0 aliphatic heterocycles. The molecule has 19 heavy (non-hydrogen) atoms. The van der Waals surface area contributed by atoms with Gasteiger partial charge in [0.05, 0.1) is 22.7 Å². The van der Waals surface area contributed by atoms with Crippen molar-refractivity contribution in [1.29, 1.82) is 5.26 Å². The second kappa shape index (κ2) is 4.07. The average Bonchev–Trinajstić information content (AvgIpc) is 2.65. The van der Waals surface area contributed by atoms with E-state index in [9.17, 15) is 8.42 Å². The van der Waals surface area contributed by atoms with Crippen LogP contribution < -0.4 is 0 Å². The standard InChI is InChI=1S/C13H15N3O2S/c1-13(2,19(4,17)18)12-15-10-6-5-9(8-14)7-11(10)16(12)3/h5-7H,1-4H3. The molecule has 5 nitrogen and oxygen atoms in total. The highest BCUT2D eigenvalue weighted by atomic mass is 32.2. The lowest BCUT2D eigenvalue weighted by Gasteiger charge is -2.21. The van der Waals surface area contributed by atoms with Crippen molar-refractivity contribution in [2.45, 2.75) is 18.6 Å². The Morgan fingerprint density at radius 2 is 2.00 bits per heavy atom. The number of aryl methyl sites for hydroxylation is 1. The summed E-state index contributed by atoms with van der Waals surface area (Å²) in [5.41, 5.74) is 1.97. The minimum absolute atomic E-state index is 0.472. The predicted octanol–water partition coefficient (Wildman–Crippen LogP) is 1.72. The molecular formula is C13H15N3O2S. The molecule has 0 spiro atoms. The Bertz CT molecular complexity index is 795. The summed E-state index contributed by atoms with van der Waals surface area (Å²) in [6.45, 7) is 3.27. The van der Waals surface area contributed by atoms with Gasteiger partial charge in [0.15, 0.2) is 9.84 Å². The molecule has 0 radical (unpaired) electrons. The largest absolute Gasteiger partial charge is 0.330 e. The fraction of sp³-hybridized carbons (Fsp3) is 0.385. The maximum atomic E-state index is 11.9. The molecule has 6 heteroatoms. The Hall–Kier alpha value is -1.87. The zero-order valence-electron chi connectivity index (χ0n) is 11.3. The van der Waals surface area contributed by atoms with Crippen LogP contribution >= 0.6 is 0 Å². The quantitative estimate of drug-likeness (QED) is 0.837. The van der Waals surface area contributed by atoms with E-state index in [1.807, 2.05) is 0 Å². The fourth-order valence-electron chi connectivity index (χ4n) is 1.96. The number of imidazole rings is 1. The zero-order valence-corrected chi connectivity index (χ0v) is 12.1. The molecule has 1 aromatic carbocycles. The molecule has 100 valence electrons. The van der Waals surface area contributed by atoms with Crippen molar-refractivity contribution in [1.82, 2.24) is 9.55 Å². The second-order valence-electron chi connectivity index (χ2n) is 5.09. The molecule has 0 amide bonds. The summed E-state index contributed by atoms with van der Waals surface area (Å²) in [5.74, 6) is 0.472. The van der Waals surface area contributed by atoms with Gasteiger partial charge in [-0.25, -0.2) is 13.4 Å². The zero-order chi connectivity index (χ0) is 14.4. The third kappa shape index (κ3) is 2.00. The van der Waals surface area contributed by atoms with Gasteiger partial charge in [0.1, 0.15) is 10.6 Å². The molecule has 0 unspecified atom stereocenters. The van der Waals surface area contributed by atoms with Crippen molar-refractivity contribution in [3.8, 4) is 6.07 Å². The summed E-state index contributed by atoms with van der Waals surface area (Å²) < 4.78 is 24.5. The molecule has 0 N–H and O–H groups in total. The third-order valence-corrected chi connectivity index (χ3v) is 5.51. The molecule has 2 rings (SSSR count). The second-order valence-corrected chi connectivity index (χ2v) is 7.66. The van der Waals surface area contributed by atoms with Gasteiger partial charge in [-0.15, -0.1) is 0 Å². The highest BCUT2D eigenvalue weighted by Crippen LogP contribution is 2.30. The Balaban J connectivity index is 2.78. The fourth-order valence-corrected chi connectivity index (χ4v) is 2.48. The number of hydrogen-bond acceptors (Lipinski definition) is 4. The molecule has 0 fully saturated rings. The van der Waals surface area contributed by atoms with Crippen molar-refractivity contribution in [3.63, 3.8) is 0 Å². The monoisotopic (exact) mass is 277 g/mol. The number of nitriles is 1. The van der Waals surface area contributed by atoms with E-state index in [1.165, 1.54) is 6.26 Å². The number of aromatic nitrogens is 2. The van der Waals surface area contributed by atoms with Gasteiger partial charge in [-0.3, -0.25) is 0 Å². The number of hydrogen-bond donors (Lipinski definition) is 0. The first-order chi connectivity index (χ1) is 8.68. The Kier molecular flexibility index (Phi) is 2.90. The van der Waals surface area contributed by atoms with E-state index in [1.54, 1.807) is 43.7 Å². The van der Waals surface area contributed by atoms with Crippen LogP contribution in [-0.2, 0) is 21.6 Å². The van der Waals surface area contributed by atoms with Gasteiger partial charge in [0.25, 0.3) is 0 Å². The lowest BCUT2D eigenvalue weighted by molar-refractivity contribution is 0.543. The number of benzene rings is 1. The maximum Gasteiger partial charge on any atom is 0.159 e. The van der Waals surface area contributed by atoms with Crippen LogP contribution in [0.5, 0.6) is 0 Å². The van der Waals surface area contributed by atoms with Gasteiger partial charge in [-0.05, 0) is 32.0 Å². The van der Waals surface area contributed by atoms with E-state index in [0.717, 1.165) is 5.52 Å². The van der Waals surface area contributed by atoms with Crippen LogP contribution in [0.2, 0.25) is 0 Å². The summed E-state index contributed by atoms with van der Waals surface area (Å²) in [6.07, 6.45) is 1.20. The Labute approximate surface area is 112 Å². The Morgan fingerprint density at radius 1 is 1.37 bits per heavy atom. The van der Waals surface area contributed by atoms with Crippen LogP contribution in [-0.4, -0.2) is 24.2 Å². The van der Waals surface area contributed by atoms with Gasteiger partial charge in [-0.1, -0.05) is 0 Å². The molecule has 2 aromatic rings. The van der Waals surface area contributed by atoms with Crippen LogP contribution in [0, 0.1) is 11.3 Å². The molecular weight excluding hydrogens is 262 g/mol. The first-order valence-corrected chi connectivity index (χ1v) is 7.64. The van der Waals surface area contributed by atoms with Crippen molar-refractivity contribution in [3.05, 3.63) is 29.6 Å². The maximum absolute atomic E-state index is 11.9. The normalized spacial score (nSPS) is 12.6. The van der Waals surface area contributed by atoms with E-state index in [0.29, 0.717) is 16.9 Å². The number of rotatable bonds is 2. The van der Waals surface area contributed by atoms with E-state index < -0.39 is 14.6 Å². The van der Waals surface area contributed by atoms with Gasteiger partial charge >= 0.3 is 0 Å². The van der Waals surface area contributed by atoms with Gasteiger partial charge in [-0.2, -0.15) is 5.26 Å². The molecule has 1 heterocycles. The summed E-state index contributed by atoms with van der Waals surface area (Å²) in [5, 5.41) is 8.91. The van der Waals surface area contributed by atoms with E-state index >= 15 is 0 Å². The molecule has 0 aliphatic carbocycles. The third-order valence-electron chi connectivity index (χ3n) is 3.48. The SMILES string of the molecule is Cn1c(C(C)(C)S(C)(=O)=O)nc2ccc(C#N)cc21. The molecule has 0 atom stereocenters. The number of nitrogens with zero attached hydrogens (tertiary/aromatic N) is 3. The van der Waals surface area contributed by atoms with E-state index in [2.05, 4.69) is 11.1 Å². The minimum Gasteiger partial charge on any atom is -0.330 e. The van der Waals surface area contributed by atoms with Crippen LogP contribution in [0.4, 0.5) is 0 Å². The highest BCUT2D eigenvalue weighted by molar-refractivity contribution is 7.91. The van der Waals surface area contributed by atoms with Crippen molar-refractivity contribution < 1.29 is 8.42 Å². The minimum atomic E-state index is -3.29. The van der Waals surface area contributed by atoms with Gasteiger partial charge in [0.2, 0.25) is 0 Å². The molecule has 0 saturated carbocycles. The van der Waals surface area contributed by atoms with E-state index in [4.69, 9.17) is 5.26 Å². The molecule has 0 bridgehead atoms. The van der Waals surface area contributed by atoms with Crippen molar-refractivity contribution >= 4 is 20.9 Å². The van der Waals surface area contributed by atoms with Crippen LogP contribution in [0.1, 0.15) is 25.2 Å². The molecule has 0 aliphatic rings. The summed E-state index contributed by atoms with van der Waals surface area (Å²) in [6, 6.07) is 7.18. The lowest BCUT2D eigenvalue weighted by Crippen LogP contribution is -2.31. The predicted molar refractivity (Wildman–Crippen MR) is 73.3 cm³/mol. The molecule has 1 aromatic heterocycles. The molecule has 0 saturated heterocycles. The van der Waals surface area contributed by atoms with E-state index in [-0.39, 0.29) is 0 Å². The first kappa shape index (κ1) is 13.6. The van der Waals surface area contributed by atoms with Crippen molar-refractivity contribution in [2.24, 2.45) is 7.05 Å². The van der Waals surface area contributed by atoms with Gasteiger partial charge in [0, 0.05) is 13.3 Å². The lowest BCUT2D eigenvalue weighted by atomic mass is 10.2. The van der Waals surface area contributed by atoms with Crippen LogP contribution in [0.15, 0.2) is 18.2 Å². The number of sulfone groups is 1. The summed E-state index contributed by atoms with van der Waals surface area (Å²) in [7, 11) is -1.53. The Morgan fingerprint density at radius 3 is 2.53 bits per heavy atom. The first-order valence-electron chi connectivity index (χ1n) is 5.75. The topological polar surface area (TPSA) is 75.8 Å². The number of fused-ring (bicyclic) bond motifs is 1. The smallest absolute Gasteiger partial charge is 0.159 e. The van der Waals surface area contributed by atoms with Crippen molar-refractivity contribution in [2.75, 3.05) is 6.26 Å². The van der Waals surface area contributed by atoms with Crippen LogP contribution in [0.25, 0.3) is 11.0 Å². The average molecular weight is 277 g/mol. The highest BCUT2D eigenvalue weighted by Gasteiger charge is 2.36. The summed E-state index contributed by atoms with van der Waals surface area (Å²) >= 11 is 0.